The van der Waals surface area contributed by atoms with Crippen molar-refractivity contribution in [1.82, 2.24) is 0 Å². The van der Waals surface area contributed by atoms with Gasteiger partial charge in [0.25, 0.3) is 0 Å². The standard InChI is InChI=1S/C17H25Cl2N/c1-12(2)11-17(7-3-4-8-17)16(20)9-13-5-6-14(18)10-15(13)19/h5-6,10,12,16H,3-4,7-9,11,20H2,1-2H3. The van der Waals surface area contributed by atoms with Crippen LogP contribution in [0, 0.1) is 11.3 Å². The normalized spacial score (nSPS) is 19.5. The maximum Gasteiger partial charge on any atom is 0.0453 e. The van der Waals surface area contributed by atoms with Crippen LogP contribution >= 0.6 is 23.2 Å². The molecule has 1 unspecified atom stereocenters. The van der Waals surface area contributed by atoms with E-state index in [1.165, 1.54) is 32.1 Å². The Balaban J connectivity index is 2.14. The Hall–Kier alpha value is -0.240. The summed E-state index contributed by atoms with van der Waals surface area (Å²) in [6.45, 7) is 4.59. The van der Waals surface area contributed by atoms with E-state index in [4.69, 9.17) is 28.9 Å². The molecule has 1 saturated carbocycles. The quantitative estimate of drug-likeness (QED) is 0.766. The van der Waals surface area contributed by atoms with Gasteiger partial charge in [0.05, 0.1) is 0 Å². The van der Waals surface area contributed by atoms with Gasteiger partial charge in [-0.2, -0.15) is 0 Å². The lowest BCUT2D eigenvalue weighted by Gasteiger charge is -2.37. The van der Waals surface area contributed by atoms with Crippen molar-refractivity contribution in [2.45, 2.75) is 58.4 Å². The van der Waals surface area contributed by atoms with Crippen molar-refractivity contribution >= 4 is 23.2 Å². The molecule has 0 amide bonds. The molecule has 1 atom stereocenters. The fourth-order valence-corrected chi connectivity index (χ4v) is 4.24. The molecule has 1 aliphatic rings. The first-order valence-corrected chi connectivity index (χ1v) is 8.38. The van der Waals surface area contributed by atoms with Crippen LogP contribution in [0.2, 0.25) is 10.0 Å². The molecule has 1 aromatic carbocycles. The van der Waals surface area contributed by atoms with Gasteiger partial charge in [0.2, 0.25) is 0 Å². The van der Waals surface area contributed by atoms with Gasteiger partial charge in [0.15, 0.2) is 0 Å². The van der Waals surface area contributed by atoms with Gasteiger partial charge in [-0.3, -0.25) is 0 Å². The molecule has 2 rings (SSSR count). The van der Waals surface area contributed by atoms with Gasteiger partial charge >= 0.3 is 0 Å². The lowest BCUT2D eigenvalue weighted by molar-refractivity contribution is 0.181. The third kappa shape index (κ3) is 3.69. The summed E-state index contributed by atoms with van der Waals surface area (Å²) in [5.41, 5.74) is 8.04. The summed E-state index contributed by atoms with van der Waals surface area (Å²) in [5.74, 6) is 0.694. The van der Waals surface area contributed by atoms with Crippen LogP contribution in [0.4, 0.5) is 0 Å². The molecule has 1 fully saturated rings. The molecule has 0 saturated heterocycles. The van der Waals surface area contributed by atoms with Crippen LogP contribution in [-0.4, -0.2) is 6.04 Å². The lowest BCUT2D eigenvalue weighted by atomic mass is 9.71. The minimum atomic E-state index is 0.186. The Labute approximate surface area is 132 Å². The molecule has 0 bridgehead atoms. The predicted octanol–water partition coefficient (Wildman–Crippen LogP) is 5.47. The molecule has 3 heteroatoms. The zero-order chi connectivity index (χ0) is 14.8. The second kappa shape index (κ2) is 6.68. The topological polar surface area (TPSA) is 26.0 Å². The first kappa shape index (κ1) is 16.1. The van der Waals surface area contributed by atoms with E-state index in [-0.39, 0.29) is 6.04 Å². The SMILES string of the molecule is CC(C)CC1(C(N)Cc2ccc(Cl)cc2Cl)CCCC1. The van der Waals surface area contributed by atoms with Gasteiger partial charge in [-0.05, 0) is 54.7 Å². The summed E-state index contributed by atoms with van der Waals surface area (Å²) in [7, 11) is 0. The van der Waals surface area contributed by atoms with E-state index in [9.17, 15) is 0 Å². The van der Waals surface area contributed by atoms with Crippen LogP contribution in [0.25, 0.3) is 0 Å². The monoisotopic (exact) mass is 313 g/mol. The molecule has 2 N–H and O–H groups in total. The Morgan fingerprint density at radius 2 is 1.85 bits per heavy atom. The van der Waals surface area contributed by atoms with Crippen molar-refractivity contribution < 1.29 is 0 Å². The van der Waals surface area contributed by atoms with Crippen molar-refractivity contribution in [1.29, 1.82) is 0 Å². The molecule has 0 heterocycles. The van der Waals surface area contributed by atoms with Gasteiger partial charge in [-0.25, -0.2) is 0 Å². The number of halogens is 2. The molecule has 1 nitrogen and oxygen atoms in total. The van der Waals surface area contributed by atoms with Crippen LogP contribution < -0.4 is 5.73 Å². The Morgan fingerprint density at radius 1 is 1.20 bits per heavy atom. The summed E-state index contributed by atoms with van der Waals surface area (Å²) in [6.07, 6.45) is 7.22. The smallest absolute Gasteiger partial charge is 0.0453 e. The third-order valence-electron chi connectivity index (χ3n) is 4.66. The molecule has 1 aromatic rings. The highest BCUT2D eigenvalue weighted by molar-refractivity contribution is 6.35. The molecule has 0 aromatic heterocycles. The minimum Gasteiger partial charge on any atom is -0.327 e. The number of hydrogen-bond donors (Lipinski definition) is 1. The van der Waals surface area contributed by atoms with Crippen LogP contribution in [0.3, 0.4) is 0 Å². The molecule has 0 aliphatic heterocycles. The van der Waals surface area contributed by atoms with Gasteiger partial charge in [-0.15, -0.1) is 0 Å². The summed E-state index contributed by atoms with van der Waals surface area (Å²) >= 11 is 12.3. The maximum absolute atomic E-state index is 6.61. The van der Waals surface area contributed by atoms with E-state index < -0.39 is 0 Å². The molecular weight excluding hydrogens is 289 g/mol. The van der Waals surface area contributed by atoms with E-state index in [1.807, 2.05) is 18.2 Å². The van der Waals surface area contributed by atoms with E-state index in [0.717, 1.165) is 17.0 Å². The largest absolute Gasteiger partial charge is 0.327 e. The van der Waals surface area contributed by atoms with Crippen molar-refractivity contribution in [3.05, 3.63) is 33.8 Å². The van der Waals surface area contributed by atoms with Crippen molar-refractivity contribution in [3.8, 4) is 0 Å². The molecular formula is C17H25Cl2N. The highest BCUT2D eigenvalue weighted by atomic mass is 35.5. The highest BCUT2D eigenvalue weighted by Crippen LogP contribution is 2.46. The molecule has 0 spiro atoms. The number of benzene rings is 1. The number of hydrogen-bond acceptors (Lipinski definition) is 1. The first-order chi connectivity index (χ1) is 9.43. The highest BCUT2D eigenvalue weighted by Gasteiger charge is 2.39. The van der Waals surface area contributed by atoms with Crippen molar-refractivity contribution in [2.24, 2.45) is 17.1 Å². The third-order valence-corrected chi connectivity index (χ3v) is 5.24. The average molecular weight is 314 g/mol. The molecule has 0 radical (unpaired) electrons. The number of rotatable bonds is 5. The zero-order valence-corrected chi connectivity index (χ0v) is 14.0. The zero-order valence-electron chi connectivity index (χ0n) is 12.5. The minimum absolute atomic E-state index is 0.186. The summed E-state index contributed by atoms with van der Waals surface area (Å²) < 4.78 is 0. The Bertz CT molecular complexity index is 450. The van der Waals surface area contributed by atoms with Gasteiger partial charge in [0, 0.05) is 16.1 Å². The summed E-state index contributed by atoms with van der Waals surface area (Å²) in [6, 6.07) is 5.92. The maximum atomic E-state index is 6.61. The Morgan fingerprint density at radius 3 is 2.40 bits per heavy atom. The van der Waals surface area contributed by atoms with Crippen LogP contribution in [0.5, 0.6) is 0 Å². The molecule has 20 heavy (non-hydrogen) atoms. The fourth-order valence-electron chi connectivity index (χ4n) is 3.76. The lowest BCUT2D eigenvalue weighted by Crippen LogP contribution is -2.42. The first-order valence-electron chi connectivity index (χ1n) is 7.62. The number of nitrogens with two attached hydrogens (primary N) is 1. The van der Waals surface area contributed by atoms with Gasteiger partial charge in [-0.1, -0.05) is 56.0 Å². The van der Waals surface area contributed by atoms with E-state index in [2.05, 4.69) is 13.8 Å². The Kier molecular flexibility index (Phi) is 5.39. The van der Waals surface area contributed by atoms with E-state index in [0.29, 0.717) is 16.4 Å². The predicted molar refractivity (Wildman–Crippen MR) is 88.5 cm³/mol. The average Bonchev–Trinajstić information content (AvgIpc) is 2.81. The van der Waals surface area contributed by atoms with Crippen LogP contribution in [0.15, 0.2) is 18.2 Å². The molecule has 112 valence electrons. The fraction of sp³-hybridized carbons (Fsp3) is 0.647. The second-order valence-corrected chi connectivity index (χ2v) is 7.56. The molecule has 1 aliphatic carbocycles. The van der Waals surface area contributed by atoms with Crippen LogP contribution in [-0.2, 0) is 6.42 Å². The summed E-state index contributed by atoms with van der Waals surface area (Å²) in [5, 5.41) is 1.43. The van der Waals surface area contributed by atoms with Crippen molar-refractivity contribution in [2.75, 3.05) is 0 Å². The second-order valence-electron chi connectivity index (χ2n) is 6.71. The summed E-state index contributed by atoms with van der Waals surface area (Å²) in [4.78, 5) is 0. The van der Waals surface area contributed by atoms with E-state index >= 15 is 0 Å². The van der Waals surface area contributed by atoms with Crippen molar-refractivity contribution in [3.63, 3.8) is 0 Å². The van der Waals surface area contributed by atoms with Gasteiger partial charge in [0.1, 0.15) is 0 Å². The van der Waals surface area contributed by atoms with Crippen LogP contribution in [0.1, 0.15) is 51.5 Å². The van der Waals surface area contributed by atoms with Gasteiger partial charge < -0.3 is 5.73 Å². The van der Waals surface area contributed by atoms with E-state index in [1.54, 1.807) is 0 Å².